The Morgan fingerprint density at radius 2 is 2.04 bits per heavy atom. The fourth-order valence-electron chi connectivity index (χ4n) is 4.52. The van der Waals surface area contributed by atoms with Gasteiger partial charge in [0.25, 0.3) is 0 Å². The van der Waals surface area contributed by atoms with Crippen LogP contribution < -0.4 is 5.32 Å². The number of pyridine rings is 1. The van der Waals surface area contributed by atoms with Crippen LogP contribution in [0.3, 0.4) is 0 Å². The molecule has 1 saturated heterocycles. The predicted octanol–water partition coefficient (Wildman–Crippen LogP) is 3.16. The molecular formula is C19H21ClN6O. The molecule has 5 heterocycles. The molecule has 3 aromatic heterocycles. The van der Waals surface area contributed by atoms with Crippen molar-refractivity contribution in [2.24, 2.45) is 0 Å². The smallest absolute Gasteiger partial charge is 0.317 e. The van der Waals surface area contributed by atoms with E-state index in [1.165, 1.54) is 5.69 Å². The van der Waals surface area contributed by atoms with Crippen LogP contribution in [0, 0.1) is 0 Å². The second-order valence-electron chi connectivity index (χ2n) is 7.47. The SMILES string of the molecule is CNC(=O)N1CCC2(CC1)CCn1nc(-c3cnc4[nH]cc(Cl)c4c3)cc12. The lowest BCUT2D eigenvalue weighted by atomic mass is 9.75. The first kappa shape index (κ1) is 16.6. The van der Waals surface area contributed by atoms with Crippen LogP contribution in [0.15, 0.2) is 24.5 Å². The molecule has 2 aliphatic heterocycles. The number of aromatic amines is 1. The van der Waals surface area contributed by atoms with Gasteiger partial charge in [-0.1, -0.05) is 11.6 Å². The van der Waals surface area contributed by atoms with Gasteiger partial charge in [0, 0.05) is 61.1 Å². The Morgan fingerprint density at radius 3 is 2.81 bits per heavy atom. The molecule has 3 aromatic rings. The average Bonchev–Trinajstić information content (AvgIpc) is 3.38. The van der Waals surface area contributed by atoms with E-state index in [1.807, 2.05) is 17.2 Å². The summed E-state index contributed by atoms with van der Waals surface area (Å²) in [7, 11) is 1.69. The van der Waals surface area contributed by atoms with Gasteiger partial charge in [0.05, 0.1) is 10.7 Å². The molecule has 0 aromatic carbocycles. The molecule has 0 saturated carbocycles. The topological polar surface area (TPSA) is 78.8 Å². The molecule has 2 amide bonds. The van der Waals surface area contributed by atoms with Crippen LogP contribution in [0.4, 0.5) is 4.79 Å². The molecular weight excluding hydrogens is 364 g/mol. The fourth-order valence-corrected chi connectivity index (χ4v) is 4.72. The lowest BCUT2D eigenvalue weighted by molar-refractivity contribution is 0.159. The van der Waals surface area contributed by atoms with Crippen LogP contribution >= 0.6 is 11.6 Å². The summed E-state index contributed by atoms with van der Waals surface area (Å²) in [5, 5.41) is 9.14. The first-order valence-electron chi connectivity index (χ1n) is 9.28. The Hall–Kier alpha value is -2.54. The highest BCUT2D eigenvalue weighted by molar-refractivity contribution is 6.35. The zero-order valence-electron chi connectivity index (χ0n) is 15.1. The van der Waals surface area contributed by atoms with E-state index >= 15 is 0 Å². The summed E-state index contributed by atoms with van der Waals surface area (Å²) >= 11 is 6.24. The quantitative estimate of drug-likeness (QED) is 0.676. The number of carbonyl (C=O) groups is 1. The number of urea groups is 1. The second-order valence-corrected chi connectivity index (χ2v) is 7.87. The average molecular weight is 385 g/mol. The number of rotatable bonds is 1. The van der Waals surface area contributed by atoms with E-state index in [4.69, 9.17) is 16.7 Å². The van der Waals surface area contributed by atoms with Crippen LogP contribution in [0.2, 0.25) is 5.02 Å². The first-order chi connectivity index (χ1) is 13.1. The van der Waals surface area contributed by atoms with Crippen LogP contribution in [0.1, 0.15) is 25.0 Å². The van der Waals surface area contributed by atoms with Crippen LogP contribution in [0.25, 0.3) is 22.3 Å². The fraction of sp³-hybridized carbons (Fsp3) is 0.421. The summed E-state index contributed by atoms with van der Waals surface area (Å²) in [4.78, 5) is 21.3. The van der Waals surface area contributed by atoms with Crippen molar-refractivity contribution in [1.29, 1.82) is 0 Å². The zero-order chi connectivity index (χ0) is 18.6. The zero-order valence-corrected chi connectivity index (χ0v) is 15.9. The number of H-pyrrole nitrogens is 1. The lowest BCUT2D eigenvalue weighted by Gasteiger charge is -2.38. The molecule has 2 aliphatic rings. The van der Waals surface area contributed by atoms with Crippen molar-refractivity contribution in [2.45, 2.75) is 31.2 Å². The van der Waals surface area contributed by atoms with Gasteiger partial charge in [0.2, 0.25) is 0 Å². The van der Waals surface area contributed by atoms with E-state index in [1.54, 1.807) is 13.2 Å². The second kappa shape index (κ2) is 5.99. The van der Waals surface area contributed by atoms with Crippen LogP contribution in [-0.2, 0) is 12.0 Å². The first-order valence-corrected chi connectivity index (χ1v) is 9.65. The maximum Gasteiger partial charge on any atom is 0.317 e. The summed E-state index contributed by atoms with van der Waals surface area (Å²) in [6, 6.07) is 4.26. The third-order valence-corrected chi connectivity index (χ3v) is 6.44. The number of hydrogen-bond acceptors (Lipinski definition) is 3. The summed E-state index contributed by atoms with van der Waals surface area (Å²) in [6.45, 7) is 2.50. The number of nitrogens with one attached hydrogen (secondary N) is 2. The number of fused-ring (bicyclic) bond motifs is 3. The third kappa shape index (κ3) is 2.52. The predicted molar refractivity (Wildman–Crippen MR) is 104 cm³/mol. The van der Waals surface area contributed by atoms with E-state index in [0.29, 0.717) is 5.02 Å². The maximum atomic E-state index is 11.9. The minimum absolute atomic E-state index is 0.0137. The molecule has 0 unspecified atom stereocenters. The number of carbonyl (C=O) groups excluding carboxylic acids is 1. The van der Waals surface area contributed by atoms with Gasteiger partial charge in [0.1, 0.15) is 5.65 Å². The van der Waals surface area contributed by atoms with E-state index in [9.17, 15) is 4.79 Å². The Labute approximate surface area is 161 Å². The van der Waals surface area contributed by atoms with Gasteiger partial charge in [-0.3, -0.25) is 4.68 Å². The minimum atomic E-state index is 0.0137. The lowest BCUT2D eigenvalue weighted by Crippen LogP contribution is -2.47. The Morgan fingerprint density at radius 1 is 1.26 bits per heavy atom. The third-order valence-electron chi connectivity index (χ3n) is 6.12. The molecule has 1 spiro atoms. The van der Waals surface area contributed by atoms with Crippen molar-refractivity contribution in [3.63, 3.8) is 0 Å². The molecule has 8 heteroatoms. The van der Waals surface area contributed by atoms with Crippen molar-refractivity contribution in [3.05, 3.63) is 35.2 Å². The number of nitrogens with zero attached hydrogens (tertiary/aromatic N) is 4. The molecule has 0 radical (unpaired) electrons. The summed E-state index contributed by atoms with van der Waals surface area (Å²) in [5.41, 5.74) is 4.11. The summed E-state index contributed by atoms with van der Waals surface area (Å²) in [6.07, 6.45) is 6.65. The number of halogens is 1. The molecule has 2 N–H and O–H groups in total. The standard InChI is InChI=1S/C19H21ClN6O/c1-21-18(27)25-5-2-19(3-6-25)4-7-26-16(19)9-15(24-26)12-8-13-14(20)11-23-17(13)22-10-12/h8-11H,2-7H2,1H3,(H,21,27)(H,22,23). The van der Waals surface area contributed by atoms with Crippen LogP contribution in [0.5, 0.6) is 0 Å². The number of amides is 2. The molecule has 1 fully saturated rings. The number of piperidine rings is 1. The van der Waals surface area contributed by atoms with E-state index in [2.05, 4.69) is 26.0 Å². The van der Waals surface area contributed by atoms with Gasteiger partial charge in [-0.2, -0.15) is 5.10 Å². The monoisotopic (exact) mass is 384 g/mol. The van der Waals surface area contributed by atoms with Gasteiger partial charge in [0.15, 0.2) is 0 Å². The molecule has 7 nitrogen and oxygen atoms in total. The molecule has 0 atom stereocenters. The molecule has 27 heavy (non-hydrogen) atoms. The highest BCUT2D eigenvalue weighted by atomic mass is 35.5. The van der Waals surface area contributed by atoms with Crippen molar-refractivity contribution in [1.82, 2.24) is 30.0 Å². The molecule has 0 bridgehead atoms. The molecule has 0 aliphatic carbocycles. The number of likely N-dealkylation sites (tertiary alicyclic amines) is 1. The van der Waals surface area contributed by atoms with Crippen LogP contribution in [-0.4, -0.2) is 50.8 Å². The van der Waals surface area contributed by atoms with Crippen molar-refractivity contribution >= 4 is 28.7 Å². The Kier molecular flexibility index (Phi) is 3.69. The number of aryl methyl sites for hydroxylation is 1. The van der Waals surface area contributed by atoms with E-state index in [-0.39, 0.29) is 11.4 Å². The normalized spacial score (nSPS) is 18.2. The van der Waals surface area contributed by atoms with Crippen molar-refractivity contribution in [3.8, 4) is 11.3 Å². The Balaban J connectivity index is 1.45. The van der Waals surface area contributed by atoms with Crippen molar-refractivity contribution < 1.29 is 4.79 Å². The van der Waals surface area contributed by atoms with Gasteiger partial charge in [-0.25, -0.2) is 9.78 Å². The molecule has 5 rings (SSSR count). The van der Waals surface area contributed by atoms with Gasteiger partial charge in [-0.15, -0.1) is 0 Å². The molecule has 140 valence electrons. The summed E-state index contributed by atoms with van der Waals surface area (Å²) < 4.78 is 2.13. The van der Waals surface area contributed by atoms with Gasteiger partial charge in [-0.05, 0) is 31.4 Å². The van der Waals surface area contributed by atoms with E-state index < -0.39 is 0 Å². The highest BCUT2D eigenvalue weighted by Crippen LogP contribution is 2.44. The van der Waals surface area contributed by atoms with Crippen molar-refractivity contribution in [2.75, 3.05) is 20.1 Å². The summed E-state index contributed by atoms with van der Waals surface area (Å²) in [5.74, 6) is 0. The van der Waals surface area contributed by atoms with Gasteiger partial charge >= 0.3 is 6.03 Å². The minimum Gasteiger partial charge on any atom is -0.345 e. The Bertz CT molecular complexity index is 1030. The van der Waals surface area contributed by atoms with E-state index in [0.717, 1.165) is 61.2 Å². The highest BCUT2D eigenvalue weighted by Gasteiger charge is 2.43. The number of aromatic nitrogens is 4. The maximum absolute atomic E-state index is 11.9. The number of hydrogen-bond donors (Lipinski definition) is 2. The largest absolute Gasteiger partial charge is 0.345 e. The van der Waals surface area contributed by atoms with Gasteiger partial charge < -0.3 is 15.2 Å².